The summed E-state index contributed by atoms with van der Waals surface area (Å²) in [6.45, 7) is 1.48. The lowest BCUT2D eigenvalue weighted by atomic mass is 10.0. The van der Waals surface area contributed by atoms with Gasteiger partial charge in [0.2, 0.25) is 0 Å². The van der Waals surface area contributed by atoms with Gasteiger partial charge in [0.1, 0.15) is 5.78 Å². The maximum absolute atomic E-state index is 11.6. The van der Waals surface area contributed by atoms with Crippen LogP contribution in [0.15, 0.2) is 24.3 Å². The first-order valence-electron chi connectivity index (χ1n) is 4.32. The van der Waals surface area contributed by atoms with Gasteiger partial charge in [-0.25, -0.2) is 0 Å². The lowest BCUT2D eigenvalue weighted by Gasteiger charge is -1.99. The van der Waals surface area contributed by atoms with Crippen LogP contribution in [-0.2, 0) is 11.2 Å². The van der Waals surface area contributed by atoms with Gasteiger partial charge in [0.25, 0.3) is 0 Å². The quantitative estimate of drug-likeness (QED) is 0.606. The van der Waals surface area contributed by atoms with E-state index in [1.807, 2.05) is 18.2 Å². The van der Waals surface area contributed by atoms with Gasteiger partial charge in [0.05, 0.1) is 5.92 Å². The molecule has 0 aromatic heterocycles. The minimum absolute atomic E-state index is 0.0110. The molecule has 0 heterocycles. The van der Waals surface area contributed by atoms with Crippen LogP contribution >= 0.6 is 0 Å². The van der Waals surface area contributed by atoms with Crippen molar-refractivity contribution in [2.75, 3.05) is 0 Å². The predicted molar refractivity (Wildman–Crippen MR) is 48.6 cm³/mol. The molecule has 13 heavy (non-hydrogen) atoms. The van der Waals surface area contributed by atoms with Crippen molar-refractivity contribution in [1.82, 2.24) is 0 Å². The highest BCUT2D eigenvalue weighted by Gasteiger charge is 2.32. The number of Topliss-reactive ketones (excluding diaryl/α,β-unsaturated/α-hetero) is 2. The SMILES string of the molecule is CC(=O)[C@@H]1Cc2ccccc2C1=O. The number of rotatable bonds is 1. The summed E-state index contributed by atoms with van der Waals surface area (Å²) in [5, 5.41) is 0. The molecule has 1 aromatic rings. The Morgan fingerprint density at radius 3 is 2.69 bits per heavy atom. The molecule has 2 heteroatoms. The van der Waals surface area contributed by atoms with Gasteiger partial charge in [-0.2, -0.15) is 0 Å². The maximum Gasteiger partial charge on any atom is 0.173 e. The molecule has 66 valence electrons. The third-order valence-corrected chi connectivity index (χ3v) is 2.51. The van der Waals surface area contributed by atoms with Gasteiger partial charge < -0.3 is 0 Å². The van der Waals surface area contributed by atoms with E-state index in [0.717, 1.165) is 11.1 Å². The van der Waals surface area contributed by atoms with Gasteiger partial charge in [-0.15, -0.1) is 0 Å². The Balaban J connectivity index is 2.44. The fourth-order valence-electron chi connectivity index (χ4n) is 1.77. The second-order valence-corrected chi connectivity index (χ2v) is 3.39. The molecule has 1 aromatic carbocycles. The molecule has 0 fully saturated rings. The average molecular weight is 174 g/mol. The highest BCUT2D eigenvalue weighted by Crippen LogP contribution is 2.26. The molecule has 0 N–H and O–H groups in total. The molecule has 0 aliphatic heterocycles. The van der Waals surface area contributed by atoms with Crippen LogP contribution in [0.4, 0.5) is 0 Å². The molecule has 0 spiro atoms. The van der Waals surface area contributed by atoms with E-state index in [1.54, 1.807) is 6.07 Å². The molecule has 1 atom stereocenters. The summed E-state index contributed by atoms with van der Waals surface area (Å²) in [5.74, 6) is -0.457. The summed E-state index contributed by atoms with van der Waals surface area (Å²) >= 11 is 0. The minimum Gasteiger partial charge on any atom is -0.299 e. The Bertz CT molecular complexity index is 379. The first-order chi connectivity index (χ1) is 6.20. The highest BCUT2D eigenvalue weighted by molar-refractivity contribution is 6.13. The Morgan fingerprint density at radius 2 is 2.08 bits per heavy atom. The van der Waals surface area contributed by atoms with E-state index in [1.165, 1.54) is 6.92 Å². The summed E-state index contributed by atoms with van der Waals surface area (Å²) in [7, 11) is 0. The lowest BCUT2D eigenvalue weighted by Crippen LogP contribution is -2.17. The second-order valence-electron chi connectivity index (χ2n) is 3.39. The summed E-state index contributed by atoms with van der Waals surface area (Å²) in [4.78, 5) is 22.7. The molecule has 1 aliphatic carbocycles. The molecule has 1 aliphatic rings. The van der Waals surface area contributed by atoms with Gasteiger partial charge in [-0.3, -0.25) is 9.59 Å². The van der Waals surface area contributed by atoms with E-state index >= 15 is 0 Å². The summed E-state index contributed by atoms with van der Waals surface area (Å²) < 4.78 is 0. The van der Waals surface area contributed by atoms with Crippen molar-refractivity contribution in [3.8, 4) is 0 Å². The third-order valence-electron chi connectivity index (χ3n) is 2.51. The Kier molecular flexibility index (Phi) is 1.76. The normalized spacial score (nSPS) is 20.1. The zero-order chi connectivity index (χ0) is 9.42. The third kappa shape index (κ3) is 1.18. The number of carbonyl (C=O) groups excluding carboxylic acids is 2. The van der Waals surface area contributed by atoms with Crippen LogP contribution in [0.3, 0.4) is 0 Å². The van der Waals surface area contributed by atoms with Crippen LogP contribution in [0.5, 0.6) is 0 Å². The van der Waals surface area contributed by atoms with Crippen LogP contribution in [-0.4, -0.2) is 11.6 Å². The monoisotopic (exact) mass is 174 g/mol. The number of fused-ring (bicyclic) bond motifs is 1. The fraction of sp³-hybridized carbons (Fsp3) is 0.273. The van der Waals surface area contributed by atoms with Crippen molar-refractivity contribution < 1.29 is 9.59 Å². The molecular formula is C11H10O2. The van der Waals surface area contributed by atoms with Crippen molar-refractivity contribution >= 4 is 11.6 Å². The van der Waals surface area contributed by atoms with E-state index in [4.69, 9.17) is 0 Å². The number of benzene rings is 1. The smallest absolute Gasteiger partial charge is 0.173 e. The number of ketones is 2. The topological polar surface area (TPSA) is 34.1 Å². The Hall–Kier alpha value is -1.44. The largest absolute Gasteiger partial charge is 0.299 e. The van der Waals surface area contributed by atoms with Crippen LogP contribution in [0, 0.1) is 5.92 Å². The Labute approximate surface area is 76.6 Å². The standard InChI is InChI=1S/C11H10O2/c1-7(12)10-6-8-4-2-3-5-9(8)11(10)13/h2-5,10H,6H2,1H3/t10-/m0/s1. The van der Waals surface area contributed by atoms with Gasteiger partial charge in [-0.05, 0) is 18.9 Å². The van der Waals surface area contributed by atoms with Crippen LogP contribution < -0.4 is 0 Å². The molecule has 0 radical (unpaired) electrons. The van der Waals surface area contributed by atoms with E-state index in [-0.39, 0.29) is 11.6 Å². The summed E-state index contributed by atoms with van der Waals surface area (Å²) in [6, 6.07) is 7.44. The van der Waals surface area contributed by atoms with Crippen LogP contribution in [0.1, 0.15) is 22.8 Å². The van der Waals surface area contributed by atoms with Crippen LogP contribution in [0.25, 0.3) is 0 Å². The highest BCUT2D eigenvalue weighted by atomic mass is 16.1. The molecule has 2 rings (SSSR count). The van der Waals surface area contributed by atoms with E-state index in [2.05, 4.69) is 0 Å². The first kappa shape index (κ1) is 8.17. The van der Waals surface area contributed by atoms with Crippen molar-refractivity contribution in [3.05, 3.63) is 35.4 Å². The number of hydrogen-bond acceptors (Lipinski definition) is 2. The van der Waals surface area contributed by atoms with Gasteiger partial charge in [0, 0.05) is 5.56 Å². The van der Waals surface area contributed by atoms with Gasteiger partial charge in [-0.1, -0.05) is 24.3 Å². The molecule has 0 saturated heterocycles. The molecular weight excluding hydrogens is 164 g/mol. The van der Waals surface area contributed by atoms with Crippen molar-refractivity contribution in [2.24, 2.45) is 5.92 Å². The minimum atomic E-state index is -0.419. The lowest BCUT2D eigenvalue weighted by molar-refractivity contribution is -0.119. The summed E-state index contributed by atoms with van der Waals surface area (Å²) in [5.41, 5.74) is 1.73. The van der Waals surface area contributed by atoms with E-state index in [0.29, 0.717) is 6.42 Å². The number of carbonyl (C=O) groups is 2. The fourth-order valence-corrected chi connectivity index (χ4v) is 1.77. The van der Waals surface area contributed by atoms with Gasteiger partial charge >= 0.3 is 0 Å². The molecule has 0 bridgehead atoms. The van der Waals surface area contributed by atoms with Crippen LogP contribution in [0.2, 0.25) is 0 Å². The Morgan fingerprint density at radius 1 is 1.38 bits per heavy atom. The van der Waals surface area contributed by atoms with Crippen molar-refractivity contribution in [2.45, 2.75) is 13.3 Å². The zero-order valence-corrected chi connectivity index (χ0v) is 7.41. The predicted octanol–water partition coefficient (Wildman–Crippen LogP) is 1.63. The second kappa shape index (κ2) is 2.80. The molecule has 0 saturated carbocycles. The maximum atomic E-state index is 11.6. The first-order valence-corrected chi connectivity index (χ1v) is 4.32. The van der Waals surface area contributed by atoms with Crippen molar-refractivity contribution in [1.29, 1.82) is 0 Å². The van der Waals surface area contributed by atoms with Gasteiger partial charge in [0.15, 0.2) is 5.78 Å². The van der Waals surface area contributed by atoms with Crippen molar-refractivity contribution in [3.63, 3.8) is 0 Å². The average Bonchev–Trinajstić information content (AvgIpc) is 2.45. The van der Waals surface area contributed by atoms with E-state index in [9.17, 15) is 9.59 Å². The number of hydrogen-bond donors (Lipinski definition) is 0. The summed E-state index contributed by atoms with van der Waals surface area (Å²) in [6.07, 6.45) is 0.588. The molecule has 0 unspecified atom stereocenters. The van der Waals surface area contributed by atoms with E-state index < -0.39 is 5.92 Å². The molecule has 0 amide bonds. The molecule has 2 nitrogen and oxygen atoms in total. The zero-order valence-electron chi connectivity index (χ0n) is 7.41.